The van der Waals surface area contributed by atoms with Gasteiger partial charge in [0.25, 0.3) is 0 Å². The molecule has 0 fully saturated rings. The molecular weight excluding hydrogens is 244 g/mol. The van der Waals surface area contributed by atoms with Crippen LogP contribution < -0.4 is 4.74 Å². The van der Waals surface area contributed by atoms with Gasteiger partial charge in [0.15, 0.2) is 0 Å². The monoisotopic (exact) mass is 266 g/mol. The topological polar surface area (TPSA) is 55.8 Å². The standard InChI is InChI=1S/C15H22O4/c1-15(2,9-5-6-14(17)19-4)12-10-11(16)7-8-13(12)18-3/h7-8,10,16H,5-6,9H2,1-4H3. The molecule has 0 atom stereocenters. The molecule has 0 unspecified atom stereocenters. The molecule has 0 aliphatic carbocycles. The van der Waals surface area contributed by atoms with E-state index in [4.69, 9.17) is 4.74 Å². The van der Waals surface area contributed by atoms with Crippen molar-refractivity contribution in [2.75, 3.05) is 14.2 Å². The zero-order chi connectivity index (χ0) is 14.5. The highest BCUT2D eigenvalue weighted by Gasteiger charge is 2.25. The van der Waals surface area contributed by atoms with Gasteiger partial charge < -0.3 is 14.6 Å². The fraction of sp³-hybridized carbons (Fsp3) is 0.533. The molecule has 4 nitrogen and oxygen atoms in total. The van der Waals surface area contributed by atoms with Crippen molar-refractivity contribution in [1.29, 1.82) is 0 Å². The minimum atomic E-state index is -0.196. The van der Waals surface area contributed by atoms with Gasteiger partial charge in [-0.2, -0.15) is 0 Å². The van der Waals surface area contributed by atoms with Crippen LogP contribution in [0.5, 0.6) is 11.5 Å². The van der Waals surface area contributed by atoms with Crippen LogP contribution in [-0.4, -0.2) is 25.3 Å². The Morgan fingerprint density at radius 2 is 2.00 bits per heavy atom. The molecule has 1 aromatic rings. The third kappa shape index (κ3) is 4.16. The van der Waals surface area contributed by atoms with Crippen molar-refractivity contribution in [1.82, 2.24) is 0 Å². The highest BCUT2D eigenvalue weighted by atomic mass is 16.5. The second-order valence-corrected chi connectivity index (χ2v) is 5.20. The van der Waals surface area contributed by atoms with Gasteiger partial charge in [0.05, 0.1) is 14.2 Å². The summed E-state index contributed by atoms with van der Waals surface area (Å²) in [6.07, 6.45) is 1.95. The summed E-state index contributed by atoms with van der Waals surface area (Å²) < 4.78 is 9.96. The molecule has 106 valence electrons. The predicted octanol–water partition coefficient (Wildman–Crippen LogP) is 3.02. The van der Waals surface area contributed by atoms with Crippen LogP contribution in [0.4, 0.5) is 0 Å². The molecule has 0 aliphatic heterocycles. The van der Waals surface area contributed by atoms with Gasteiger partial charge in [-0.05, 0) is 36.5 Å². The van der Waals surface area contributed by atoms with E-state index < -0.39 is 0 Å². The van der Waals surface area contributed by atoms with E-state index in [0.29, 0.717) is 6.42 Å². The molecule has 0 aliphatic rings. The lowest BCUT2D eigenvalue weighted by Gasteiger charge is -2.27. The number of phenols is 1. The molecule has 0 radical (unpaired) electrons. The Labute approximate surface area is 114 Å². The fourth-order valence-electron chi connectivity index (χ4n) is 2.14. The number of benzene rings is 1. The molecule has 0 bridgehead atoms. The van der Waals surface area contributed by atoms with Gasteiger partial charge in [0.2, 0.25) is 0 Å². The van der Waals surface area contributed by atoms with Crippen LogP contribution in [-0.2, 0) is 14.9 Å². The van der Waals surface area contributed by atoms with Crippen LogP contribution in [0.1, 0.15) is 38.7 Å². The van der Waals surface area contributed by atoms with Crippen molar-refractivity contribution in [2.24, 2.45) is 0 Å². The Morgan fingerprint density at radius 1 is 1.32 bits per heavy atom. The quantitative estimate of drug-likeness (QED) is 0.804. The van der Waals surface area contributed by atoms with E-state index in [1.807, 2.05) is 0 Å². The predicted molar refractivity (Wildman–Crippen MR) is 73.6 cm³/mol. The van der Waals surface area contributed by atoms with Gasteiger partial charge >= 0.3 is 5.97 Å². The van der Waals surface area contributed by atoms with E-state index in [9.17, 15) is 9.90 Å². The molecule has 1 N–H and O–H groups in total. The van der Waals surface area contributed by atoms with Crippen molar-refractivity contribution >= 4 is 5.97 Å². The summed E-state index contributed by atoms with van der Waals surface area (Å²) in [6, 6.07) is 5.08. The molecule has 0 saturated carbocycles. The number of hydrogen-bond donors (Lipinski definition) is 1. The number of aromatic hydroxyl groups is 1. The van der Waals surface area contributed by atoms with Crippen molar-refractivity contribution < 1.29 is 19.4 Å². The van der Waals surface area contributed by atoms with Crippen molar-refractivity contribution in [3.63, 3.8) is 0 Å². The maximum atomic E-state index is 11.1. The van der Waals surface area contributed by atoms with E-state index >= 15 is 0 Å². The third-order valence-electron chi connectivity index (χ3n) is 3.32. The van der Waals surface area contributed by atoms with Crippen molar-refractivity contribution in [3.8, 4) is 11.5 Å². The average Bonchev–Trinajstić information content (AvgIpc) is 2.38. The van der Waals surface area contributed by atoms with Gasteiger partial charge in [0.1, 0.15) is 11.5 Å². The van der Waals surface area contributed by atoms with E-state index in [0.717, 1.165) is 24.2 Å². The normalized spacial score (nSPS) is 11.2. The SMILES string of the molecule is COC(=O)CCCC(C)(C)c1cc(O)ccc1OC. The molecule has 0 aromatic heterocycles. The lowest BCUT2D eigenvalue weighted by Crippen LogP contribution is -2.18. The van der Waals surface area contributed by atoms with Crippen LogP contribution in [0.3, 0.4) is 0 Å². The molecule has 0 heterocycles. The molecule has 0 spiro atoms. The molecule has 1 rings (SSSR count). The second-order valence-electron chi connectivity index (χ2n) is 5.20. The highest BCUT2D eigenvalue weighted by Crippen LogP contribution is 2.37. The van der Waals surface area contributed by atoms with Crippen molar-refractivity contribution in [2.45, 2.75) is 38.5 Å². The van der Waals surface area contributed by atoms with Crippen LogP contribution >= 0.6 is 0 Å². The van der Waals surface area contributed by atoms with E-state index in [1.165, 1.54) is 7.11 Å². The van der Waals surface area contributed by atoms with Crippen LogP contribution in [0, 0.1) is 0 Å². The Morgan fingerprint density at radius 3 is 2.58 bits per heavy atom. The first-order chi connectivity index (χ1) is 8.90. The van der Waals surface area contributed by atoms with Crippen LogP contribution in [0.2, 0.25) is 0 Å². The summed E-state index contributed by atoms with van der Waals surface area (Å²) >= 11 is 0. The first-order valence-electron chi connectivity index (χ1n) is 6.35. The number of phenolic OH excluding ortho intramolecular Hbond substituents is 1. The van der Waals surface area contributed by atoms with E-state index in [1.54, 1.807) is 25.3 Å². The van der Waals surface area contributed by atoms with Gasteiger partial charge in [0, 0.05) is 12.0 Å². The fourth-order valence-corrected chi connectivity index (χ4v) is 2.14. The number of ether oxygens (including phenoxy) is 2. The minimum absolute atomic E-state index is 0.182. The number of carbonyl (C=O) groups is 1. The minimum Gasteiger partial charge on any atom is -0.508 e. The summed E-state index contributed by atoms with van der Waals surface area (Å²) in [7, 11) is 3.01. The Bertz CT molecular complexity index is 438. The summed E-state index contributed by atoms with van der Waals surface area (Å²) in [5.74, 6) is 0.774. The first-order valence-corrected chi connectivity index (χ1v) is 6.35. The molecule has 1 aromatic carbocycles. The maximum absolute atomic E-state index is 11.1. The van der Waals surface area contributed by atoms with E-state index in [-0.39, 0.29) is 17.1 Å². The number of methoxy groups -OCH3 is 2. The molecule has 4 heteroatoms. The Balaban J connectivity index is 2.81. The summed E-state index contributed by atoms with van der Waals surface area (Å²) in [5, 5.41) is 9.62. The van der Waals surface area contributed by atoms with E-state index in [2.05, 4.69) is 18.6 Å². The largest absolute Gasteiger partial charge is 0.508 e. The van der Waals surface area contributed by atoms with Gasteiger partial charge in [-0.3, -0.25) is 4.79 Å². The number of carbonyl (C=O) groups excluding carboxylic acids is 1. The van der Waals surface area contributed by atoms with Gasteiger partial charge in [-0.1, -0.05) is 13.8 Å². The zero-order valence-corrected chi connectivity index (χ0v) is 12.0. The number of rotatable bonds is 6. The number of hydrogen-bond acceptors (Lipinski definition) is 4. The number of esters is 1. The maximum Gasteiger partial charge on any atom is 0.305 e. The average molecular weight is 266 g/mol. The summed E-state index contributed by atoms with van der Waals surface area (Å²) in [6.45, 7) is 4.14. The van der Waals surface area contributed by atoms with Gasteiger partial charge in [-0.25, -0.2) is 0 Å². The lowest BCUT2D eigenvalue weighted by molar-refractivity contribution is -0.140. The second kappa shape index (κ2) is 6.45. The van der Waals surface area contributed by atoms with Crippen molar-refractivity contribution in [3.05, 3.63) is 23.8 Å². The lowest BCUT2D eigenvalue weighted by atomic mass is 9.79. The zero-order valence-electron chi connectivity index (χ0n) is 12.0. The first kappa shape index (κ1) is 15.3. The molecule has 0 amide bonds. The van der Waals surface area contributed by atoms with Crippen LogP contribution in [0.15, 0.2) is 18.2 Å². The Kier molecular flexibility index (Phi) is 5.21. The molecule has 19 heavy (non-hydrogen) atoms. The van der Waals surface area contributed by atoms with Crippen LogP contribution in [0.25, 0.3) is 0 Å². The van der Waals surface area contributed by atoms with Gasteiger partial charge in [-0.15, -0.1) is 0 Å². The summed E-state index contributed by atoms with van der Waals surface area (Å²) in [5.41, 5.74) is 0.762. The Hall–Kier alpha value is -1.71. The molecular formula is C15H22O4. The summed E-state index contributed by atoms with van der Waals surface area (Å²) in [4.78, 5) is 11.1. The third-order valence-corrected chi connectivity index (χ3v) is 3.32. The smallest absolute Gasteiger partial charge is 0.305 e. The highest BCUT2D eigenvalue weighted by molar-refractivity contribution is 5.69. The molecule has 0 saturated heterocycles.